The van der Waals surface area contributed by atoms with E-state index in [9.17, 15) is 4.79 Å². The maximum atomic E-state index is 12.1. The molecule has 5 heteroatoms. The van der Waals surface area contributed by atoms with Crippen molar-refractivity contribution in [1.82, 2.24) is 0 Å². The van der Waals surface area contributed by atoms with Crippen LogP contribution in [0.5, 0.6) is 5.75 Å². The van der Waals surface area contributed by atoms with Crippen LogP contribution in [0.1, 0.15) is 18.5 Å². The van der Waals surface area contributed by atoms with Crippen molar-refractivity contribution in [3.8, 4) is 5.75 Å². The lowest BCUT2D eigenvalue weighted by atomic mass is 10.1. The van der Waals surface area contributed by atoms with Gasteiger partial charge in [-0.1, -0.05) is 30.3 Å². The number of anilines is 3. The molecule has 0 aliphatic carbocycles. The third-order valence-electron chi connectivity index (χ3n) is 4.17. The van der Waals surface area contributed by atoms with Gasteiger partial charge in [-0.15, -0.1) is 0 Å². The van der Waals surface area contributed by atoms with Gasteiger partial charge in [-0.25, -0.2) is 4.79 Å². The predicted octanol–water partition coefficient (Wildman–Crippen LogP) is 5.51. The minimum atomic E-state index is -0.293. The standard InChI is InChI=1S/C22H23N3O2/c1-16(17-6-4-3-5-7-17)23-18-8-10-19(11-9-18)24-22(26)25-20-12-14-21(27-2)15-13-20/h3-16,23H,1-2H3,(H2,24,25,26). The fourth-order valence-electron chi connectivity index (χ4n) is 2.69. The van der Waals surface area contributed by atoms with E-state index in [1.807, 2.05) is 42.5 Å². The lowest BCUT2D eigenvalue weighted by Crippen LogP contribution is -2.19. The maximum absolute atomic E-state index is 12.1. The molecule has 0 bridgehead atoms. The Bertz CT molecular complexity index is 862. The first-order valence-corrected chi connectivity index (χ1v) is 8.77. The van der Waals surface area contributed by atoms with Crippen LogP contribution in [0.4, 0.5) is 21.9 Å². The van der Waals surface area contributed by atoms with Crippen molar-refractivity contribution in [3.63, 3.8) is 0 Å². The largest absolute Gasteiger partial charge is 0.497 e. The summed E-state index contributed by atoms with van der Waals surface area (Å²) < 4.78 is 5.10. The Balaban J connectivity index is 1.54. The number of rotatable bonds is 6. The molecule has 0 heterocycles. The van der Waals surface area contributed by atoms with Gasteiger partial charge in [0, 0.05) is 23.1 Å². The number of ether oxygens (including phenoxy) is 1. The summed E-state index contributed by atoms with van der Waals surface area (Å²) in [4.78, 5) is 12.1. The molecule has 0 fully saturated rings. The van der Waals surface area contributed by atoms with E-state index in [2.05, 4.69) is 35.0 Å². The highest BCUT2D eigenvalue weighted by atomic mass is 16.5. The monoisotopic (exact) mass is 361 g/mol. The van der Waals surface area contributed by atoms with Gasteiger partial charge in [-0.3, -0.25) is 0 Å². The molecule has 1 atom stereocenters. The van der Waals surface area contributed by atoms with E-state index in [1.165, 1.54) is 5.56 Å². The summed E-state index contributed by atoms with van der Waals surface area (Å²) in [6.45, 7) is 2.11. The summed E-state index contributed by atoms with van der Waals surface area (Å²) >= 11 is 0. The van der Waals surface area contributed by atoms with Crippen LogP contribution in [-0.2, 0) is 0 Å². The van der Waals surface area contributed by atoms with Gasteiger partial charge in [0.15, 0.2) is 0 Å². The van der Waals surface area contributed by atoms with Crippen molar-refractivity contribution in [2.75, 3.05) is 23.1 Å². The minimum absolute atomic E-state index is 0.198. The topological polar surface area (TPSA) is 62.4 Å². The molecule has 0 spiro atoms. The molecule has 0 aliphatic rings. The average molecular weight is 361 g/mol. The smallest absolute Gasteiger partial charge is 0.323 e. The minimum Gasteiger partial charge on any atom is -0.497 e. The van der Waals surface area contributed by atoms with Crippen LogP contribution < -0.4 is 20.7 Å². The lowest BCUT2D eigenvalue weighted by Gasteiger charge is -2.16. The van der Waals surface area contributed by atoms with E-state index in [0.29, 0.717) is 5.69 Å². The summed E-state index contributed by atoms with van der Waals surface area (Å²) in [5, 5.41) is 9.06. The molecule has 3 aromatic carbocycles. The zero-order chi connectivity index (χ0) is 19.1. The van der Waals surface area contributed by atoms with Crippen LogP contribution in [-0.4, -0.2) is 13.1 Å². The van der Waals surface area contributed by atoms with Crippen LogP contribution in [0.3, 0.4) is 0 Å². The van der Waals surface area contributed by atoms with Gasteiger partial charge in [0.05, 0.1) is 7.11 Å². The highest BCUT2D eigenvalue weighted by Crippen LogP contribution is 2.21. The molecule has 3 rings (SSSR count). The quantitative estimate of drug-likeness (QED) is 0.542. The number of methoxy groups -OCH3 is 1. The second-order valence-corrected chi connectivity index (χ2v) is 6.16. The summed E-state index contributed by atoms with van der Waals surface area (Å²) in [5.74, 6) is 0.744. The fraction of sp³-hybridized carbons (Fsp3) is 0.136. The first-order valence-electron chi connectivity index (χ1n) is 8.77. The molecule has 2 amide bonds. The van der Waals surface area contributed by atoms with Crippen LogP contribution >= 0.6 is 0 Å². The number of carbonyl (C=O) groups is 1. The highest BCUT2D eigenvalue weighted by molar-refractivity contribution is 5.99. The lowest BCUT2D eigenvalue weighted by molar-refractivity contribution is 0.262. The van der Waals surface area contributed by atoms with Gasteiger partial charge in [-0.2, -0.15) is 0 Å². The second-order valence-electron chi connectivity index (χ2n) is 6.16. The Morgan fingerprint density at radius 2 is 1.30 bits per heavy atom. The van der Waals surface area contributed by atoms with Crippen molar-refractivity contribution >= 4 is 23.1 Å². The number of urea groups is 1. The molecule has 3 aromatic rings. The molecule has 0 saturated heterocycles. The molecule has 0 saturated carbocycles. The van der Waals surface area contributed by atoms with Gasteiger partial charge < -0.3 is 20.7 Å². The molecule has 0 aromatic heterocycles. The van der Waals surface area contributed by atoms with Crippen molar-refractivity contribution in [3.05, 3.63) is 84.4 Å². The molecule has 3 N–H and O–H groups in total. The Labute approximate surface area is 159 Å². The van der Waals surface area contributed by atoms with Crippen LogP contribution in [0.2, 0.25) is 0 Å². The Morgan fingerprint density at radius 3 is 1.85 bits per heavy atom. The van der Waals surface area contributed by atoms with Crippen LogP contribution in [0, 0.1) is 0 Å². The Morgan fingerprint density at radius 1 is 0.778 bits per heavy atom. The summed E-state index contributed by atoms with van der Waals surface area (Å²) in [6, 6.07) is 25.0. The molecule has 27 heavy (non-hydrogen) atoms. The normalized spacial score (nSPS) is 11.3. The van der Waals surface area contributed by atoms with E-state index in [4.69, 9.17) is 4.74 Å². The van der Waals surface area contributed by atoms with Gasteiger partial charge >= 0.3 is 6.03 Å². The van der Waals surface area contributed by atoms with Gasteiger partial charge in [0.25, 0.3) is 0 Å². The van der Waals surface area contributed by atoms with Crippen molar-refractivity contribution in [2.45, 2.75) is 13.0 Å². The van der Waals surface area contributed by atoms with E-state index in [0.717, 1.165) is 17.1 Å². The third-order valence-corrected chi connectivity index (χ3v) is 4.17. The summed E-state index contributed by atoms with van der Waals surface area (Å²) in [5.41, 5.74) is 3.63. The van der Waals surface area contributed by atoms with E-state index < -0.39 is 0 Å². The molecule has 1 unspecified atom stereocenters. The van der Waals surface area contributed by atoms with E-state index in [-0.39, 0.29) is 12.1 Å². The first-order chi connectivity index (χ1) is 13.1. The SMILES string of the molecule is COc1ccc(NC(=O)Nc2ccc(NC(C)c3ccccc3)cc2)cc1. The molecular weight excluding hydrogens is 338 g/mol. The number of benzene rings is 3. The highest BCUT2D eigenvalue weighted by Gasteiger charge is 2.06. The maximum Gasteiger partial charge on any atom is 0.323 e. The molecule has 0 radical (unpaired) electrons. The molecule has 5 nitrogen and oxygen atoms in total. The Kier molecular flexibility index (Phi) is 5.94. The van der Waals surface area contributed by atoms with Gasteiger partial charge in [-0.05, 0) is 61.0 Å². The molecular formula is C22H23N3O2. The zero-order valence-electron chi connectivity index (χ0n) is 15.4. The second kappa shape index (κ2) is 8.76. The van der Waals surface area contributed by atoms with Crippen LogP contribution in [0.15, 0.2) is 78.9 Å². The van der Waals surface area contributed by atoms with Crippen molar-refractivity contribution in [2.24, 2.45) is 0 Å². The number of carbonyl (C=O) groups excluding carboxylic acids is 1. The summed E-state index contributed by atoms with van der Waals surface area (Å²) in [6.07, 6.45) is 0. The molecule has 0 aliphatic heterocycles. The number of hydrogen-bond acceptors (Lipinski definition) is 3. The van der Waals surface area contributed by atoms with E-state index in [1.54, 1.807) is 31.4 Å². The predicted molar refractivity (Wildman–Crippen MR) is 111 cm³/mol. The number of amides is 2. The number of hydrogen-bond donors (Lipinski definition) is 3. The summed E-state index contributed by atoms with van der Waals surface area (Å²) in [7, 11) is 1.61. The van der Waals surface area contributed by atoms with Gasteiger partial charge in [0.1, 0.15) is 5.75 Å². The average Bonchev–Trinajstić information content (AvgIpc) is 2.70. The zero-order valence-corrected chi connectivity index (χ0v) is 15.4. The first kappa shape index (κ1) is 18.3. The van der Waals surface area contributed by atoms with Crippen molar-refractivity contribution < 1.29 is 9.53 Å². The number of nitrogens with one attached hydrogen (secondary N) is 3. The Hall–Kier alpha value is -3.47. The van der Waals surface area contributed by atoms with Gasteiger partial charge in [0.2, 0.25) is 0 Å². The van der Waals surface area contributed by atoms with Crippen molar-refractivity contribution in [1.29, 1.82) is 0 Å². The van der Waals surface area contributed by atoms with E-state index >= 15 is 0 Å². The fourth-order valence-corrected chi connectivity index (χ4v) is 2.69. The molecule has 138 valence electrons. The van der Waals surface area contributed by atoms with Crippen LogP contribution in [0.25, 0.3) is 0 Å². The third kappa shape index (κ3) is 5.25.